The topological polar surface area (TPSA) is 75.3 Å². The van der Waals surface area contributed by atoms with Crippen LogP contribution in [0.15, 0.2) is 48.8 Å². The number of amides is 1. The van der Waals surface area contributed by atoms with E-state index >= 15 is 0 Å². The molecule has 144 valence electrons. The molecule has 1 fully saturated rings. The average molecular weight is 396 g/mol. The van der Waals surface area contributed by atoms with Gasteiger partial charge >= 0.3 is 0 Å². The zero-order valence-electron chi connectivity index (χ0n) is 15.5. The second-order valence-corrected chi connectivity index (χ2v) is 7.21. The van der Waals surface area contributed by atoms with Crippen LogP contribution in [-0.2, 0) is 6.42 Å². The monoisotopic (exact) mass is 395 g/mol. The predicted octanol–water partition coefficient (Wildman–Crippen LogP) is 2.75. The number of hydrogen-bond donors (Lipinski definition) is 1. The van der Waals surface area contributed by atoms with Crippen molar-refractivity contribution in [3.05, 3.63) is 65.1 Å². The van der Waals surface area contributed by atoms with E-state index in [1.807, 2.05) is 35.2 Å². The Morgan fingerprint density at radius 2 is 1.86 bits per heavy atom. The highest BCUT2D eigenvalue weighted by Crippen LogP contribution is 2.35. The molecule has 28 heavy (non-hydrogen) atoms. The van der Waals surface area contributed by atoms with Gasteiger partial charge in [0.1, 0.15) is 5.69 Å². The molecule has 1 aliphatic rings. The number of halogens is 1. The number of hydrogen-bond acceptors (Lipinski definition) is 5. The number of nitrogens with two attached hydrogens (primary N) is 1. The van der Waals surface area contributed by atoms with E-state index < -0.39 is 0 Å². The molecule has 0 aliphatic carbocycles. The molecule has 0 saturated carbocycles. The van der Waals surface area contributed by atoms with Crippen molar-refractivity contribution in [1.29, 1.82) is 0 Å². The quantitative estimate of drug-likeness (QED) is 0.735. The molecule has 0 atom stereocenters. The molecular weight excluding hydrogens is 374 g/mol. The second kappa shape index (κ2) is 8.12. The molecule has 0 bridgehead atoms. The van der Waals surface area contributed by atoms with Gasteiger partial charge in [0.05, 0.1) is 16.2 Å². The Morgan fingerprint density at radius 1 is 1.07 bits per heavy atom. The van der Waals surface area contributed by atoms with Crippen LogP contribution in [0.4, 0.5) is 5.69 Å². The van der Waals surface area contributed by atoms with Gasteiger partial charge in [0, 0.05) is 44.0 Å². The molecule has 0 unspecified atom stereocenters. The molecule has 7 heteroatoms. The van der Waals surface area contributed by atoms with Crippen LogP contribution in [0.5, 0.6) is 0 Å². The lowest BCUT2D eigenvalue weighted by molar-refractivity contribution is 0.0741. The van der Waals surface area contributed by atoms with E-state index in [-0.39, 0.29) is 5.91 Å². The Balaban J connectivity index is 1.61. The van der Waals surface area contributed by atoms with Crippen LogP contribution in [0.1, 0.15) is 16.1 Å². The maximum Gasteiger partial charge on any atom is 0.272 e. The normalized spacial score (nSPS) is 14.5. The van der Waals surface area contributed by atoms with E-state index in [0.29, 0.717) is 30.4 Å². The third kappa shape index (κ3) is 3.53. The highest BCUT2D eigenvalue weighted by molar-refractivity contribution is 6.36. The van der Waals surface area contributed by atoms with Gasteiger partial charge in [-0.25, -0.2) is 0 Å². The number of nitrogens with zero attached hydrogens (tertiary/aromatic N) is 4. The summed E-state index contributed by atoms with van der Waals surface area (Å²) >= 11 is 6.48. The van der Waals surface area contributed by atoms with Crippen LogP contribution in [-0.4, -0.2) is 53.5 Å². The van der Waals surface area contributed by atoms with E-state index in [4.69, 9.17) is 17.3 Å². The molecule has 0 spiro atoms. The zero-order chi connectivity index (χ0) is 19.5. The van der Waals surface area contributed by atoms with Crippen molar-refractivity contribution in [3.8, 4) is 0 Å². The number of aromatic nitrogens is 2. The summed E-state index contributed by atoms with van der Waals surface area (Å²) in [6, 6.07) is 11.3. The Labute approximate surface area is 168 Å². The van der Waals surface area contributed by atoms with Gasteiger partial charge in [-0.1, -0.05) is 17.7 Å². The first-order valence-corrected chi connectivity index (χ1v) is 9.78. The number of benzene rings is 1. The third-order valence-electron chi connectivity index (χ3n) is 5.08. The number of fused-ring (bicyclic) bond motifs is 1. The van der Waals surface area contributed by atoms with Gasteiger partial charge in [0.2, 0.25) is 0 Å². The summed E-state index contributed by atoms with van der Waals surface area (Å²) in [4.78, 5) is 25.6. The van der Waals surface area contributed by atoms with Crippen LogP contribution >= 0.6 is 11.6 Å². The van der Waals surface area contributed by atoms with Gasteiger partial charge in [-0.3, -0.25) is 14.8 Å². The number of rotatable bonds is 4. The summed E-state index contributed by atoms with van der Waals surface area (Å²) in [7, 11) is 0. The van der Waals surface area contributed by atoms with Crippen LogP contribution in [0.25, 0.3) is 10.9 Å². The Hall–Kier alpha value is -2.70. The number of carbonyl (C=O) groups is 1. The molecule has 1 aromatic carbocycles. The molecule has 3 aromatic rings. The Bertz CT molecular complexity index is 987. The minimum atomic E-state index is -0.0264. The Morgan fingerprint density at radius 3 is 2.57 bits per heavy atom. The van der Waals surface area contributed by atoms with Crippen LogP contribution in [0.3, 0.4) is 0 Å². The van der Waals surface area contributed by atoms with Gasteiger partial charge in [-0.05, 0) is 48.9 Å². The lowest BCUT2D eigenvalue weighted by Crippen LogP contribution is -2.49. The second-order valence-electron chi connectivity index (χ2n) is 6.80. The van der Waals surface area contributed by atoms with Gasteiger partial charge in [0.25, 0.3) is 5.91 Å². The lowest BCUT2D eigenvalue weighted by atomic mass is 10.0. The minimum Gasteiger partial charge on any atom is -0.366 e. The summed E-state index contributed by atoms with van der Waals surface area (Å²) in [5, 5.41) is 1.63. The molecule has 1 aliphatic heterocycles. The van der Waals surface area contributed by atoms with Gasteiger partial charge in [-0.15, -0.1) is 0 Å². The number of piperazine rings is 1. The number of pyridine rings is 2. The minimum absolute atomic E-state index is 0.0264. The van der Waals surface area contributed by atoms with Crippen molar-refractivity contribution in [1.82, 2.24) is 14.9 Å². The molecule has 4 rings (SSSR count). The smallest absolute Gasteiger partial charge is 0.272 e. The lowest BCUT2D eigenvalue weighted by Gasteiger charge is -2.37. The largest absolute Gasteiger partial charge is 0.366 e. The van der Waals surface area contributed by atoms with Gasteiger partial charge < -0.3 is 15.5 Å². The summed E-state index contributed by atoms with van der Waals surface area (Å²) in [5.74, 6) is -0.0264. The average Bonchev–Trinajstić information content (AvgIpc) is 2.75. The third-order valence-corrected chi connectivity index (χ3v) is 5.39. The number of anilines is 1. The van der Waals surface area contributed by atoms with Crippen molar-refractivity contribution in [2.45, 2.75) is 6.42 Å². The standard InChI is InChI=1S/C21H22ClN5O/c22-17-14-15(6-7-23)20(19-16(17)4-3-9-25-19)26-10-12-27(13-11-26)21(28)18-5-1-2-8-24-18/h1-5,8-9,14H,6-7,10-13,23H2. The molecule has 2 N–H and O–H groups in total. The first-order valence-electron chi connectivity index (χ1n) is 9.40. The highest BCUT2D eigenvalue weighted by atomic mass is 35.5. The summed E-state index contributed by atoms with van der Waals surface area (Å²) < 4.78 is 0. The molecule has 2 aromatic heterocycles. The molecule has 0 radical (unpaired) electrons. The molecular formula is C21H22ClN5O. The van der Waals surface area contributed by atoms with Crippen LogP contribution in [0, 0.1) is 0 Å². The Kier molecular flexibility index (Phi) is 5.41. The maximum atomic E-state index is 12.7. The maximum absolute atomic E-state index is 12.7. The van der Waals surface area contributed by atoms with Crippen molar-refractivity contribution in [2.75, 3.05) is 37.6 Å². The fourth-order valence-corrected chi connectivity index (χ4v) is 4.01. The summed E-state index contributed by atoms with van der Waals surface area (Å²) in [6.07, 6.45) is 4.16. The van der Waals surface area contributed by atoms with E-state index in [2.05, 4.69) is 14.9 Å². The van der Waals surface area contributed by atoms with E-state index in [1.54, 1.807) is 18.5 Å². The molecule has 1 amide bonds. The summed E-state index contributed by atoms with van der Waals surface area (Å²) in [6.45, 7) is 3.26. The van der Waals surface area contributed by atoms with Crippen molar-refractivity contribution in [2.24, 2.45) is 5.73 Å². The fraction of sp³-hybridized carbons (Fsp3) is 0.286. The summed E-state index contributed by atoms with van der Waals surface area (Å²) in [5.41, 5.74) is 9.39. The van der Waals surface area contributed by atoms with Crippen LogP contribution < -0.4 is 10.6 Å². The molecule has 6 nitrogen and oxygen atoms in total. The van der Waals surface area contributed by atoms with Gasteiger partial charge in [-0.2, -0.15) is 0 Å². The number of carbonyl (C=O) groups excluding carboxylic acids is 1. The first kappa shape index (κ1) is 18.7. The van der Waals surface area contributed by atoms with E-state index in [1.165, 1.54) is 0 Å². The fourth-order valence-electron chi connectivity index (χ4n) is 3.72. The van der Waals surface area contributed by atoms with Crippen LogP contribution in [0.2, 0.25) is 5.02 Å². The molecule has 3 heterocycles. The van der Waals surface area contributed by atoms with Crippen molar-refractivity contribution in [3.63, 3.8) is 0 Å². The SMILES string of the molecule is NCCc1cc(Cl)c2cccnc2c1N1CCN(C(=O)c2ccccn2)CC1. The molecule has 1 saturated heterocycles. The first-order chi connectivity index (χ1) is 13.7. The van der Waals surface area contributed by atoms with Gasteiger partial charge in [0.15, 0.2) is 0 Å². The van der Waals surface area contributed by atoms with Crippen molar-refractivity contribution >= 4 is 34.1 Å². The van der Waals surface area contributed by atoms with E-state index in [0.717, 1.165) is 41.7 Å². The van der Waals surface area contributed by atoms with Crippen molar-refractivity contribution < 1.29 is 4.79 Å². The zero-order valence-corrected chi connectivity index (χ0v) is 16.3. The predicted molar refractivity (Wildman–Crippen MR) is 112 cm³/mol. The van der Waals surface area contributed by atoms with E-state index in [9.17, 15) is 4.79 Å². The highest BCUT2D eigenvalue weighted by Gasteiger charge is 2.26.